The van der Waals surface area contributed by atoms with Gasteiger partial charge in [0.05, 0.1) is 30.8 Å². The molecule has 1 aromatic rings. The van der Waals surface area contributed by atoms with Crippen molar-refractivity contribution in [3.05, 3.63) is 35.1 Å². The molecule has 2 N–H and O–H groups in total. The average molecular weight is 320 g/mol. The average Bonchev–Trinajstić information content (AvgIpc) is 2.46. The molecule has 0 aliphatic carbocycles. The van der Waals surface area contributed by atoms with Gasteiger partial charge in [0.15, 0.2) is 0 Å². The predicted octanol–water partition coefficient (Wildman–Crippen LogP) is 1.80. The number of hydrogen-bond donors (Lipinski definition) is 2. The van der Waals surface area contributed by atoms with Crippen LogP contribution >= 0.6 is 0 Å². The minimum Gasteiger partial charge on any atom is -0.394 e. The van der Waals surface area contributed by atoms with Gasteiger partial charge in [-0.05, 0) is 18.2 Å². The van der Waals surface area contributed by atoms with E-state index in [-0.39, 0.29) is 24.2 Å². The van der Waals surface area contributed by atoms with E-state index in [1.54, 1.807) is 0 Å². The standard InChI is InChI=1S/C14H16F4N2O2/c15-13-2-1-10(6-19)5-11(13)7-20(8-12(22)9-21)4-3-14(16,17)18/h1-2,5,12,21-22H,3-4,7-9H2/t12-/m0/s1. The summed E-state index contributed by atoms with van der Waals surface area (Å²) in [6, 6.07) is 5.41. The Bertz CT molecular complexity index is 529. The van der Waals surface area contributed by atoms with Gasteiger partial charge in [0.1, 0.15) is 5.82 Å². The second-order valence-corrected chi connectivity index (χ2v) is 4.85. The summed E-state index contributed by atoms with van der Waals surface area (Å²) in [7, 11) is 0. The first-order chi connectivity index (χ1) is 10.2. The lowest BCUT2D eigenvalue weighted by Gasteiger charge is -2.25. The quantitative estimate of drug-likeness (QED) is 0.752. The number of hydrogen-bond acceptors (Lipinski definition) is 4. The summed E-state index contributed by atoms with van der Waals surface area (Å²) >= 11 is 0. The Kier molecular flexibility index (Phi) is 6.74. The molecule has 0 heterocycles. The molecule has 0 saturated heterocycles. The third-order valence-corrected chi connectivity index (χ3v) is 2.96. The van der Waals surface area contributed by atoms with E-state index in [1.165, 1.54) is 17.0 Å². The minimum absolute atomic E-state index is 0.0614. The van der Waals surface area contributed by atoms with Crippen molar-refractivity contribution in [2.45, 2.75) is 25.2 Å². The molecular formula is C14H16F4N2O2. The largest absolute Gasteiger partial charge is 0.394 e. The third-order valence-electron chi connectivity index (χ3n) is 2.96. The van der Waals surface area contributed by atoms with Gasteiger partial charge in [0, 0.05) is 25.2 Å². The van der Waals surface area contributed by atoms with Crippen molar-refractivity contribution < 1.29 is 27.8 Å². The van der Waals surface area contributed by atoms with Crippen LogP contribution in [0.3, 0.4) is 0 Å². The van der Waals surface area contributed by atoms with Crippen LogP contribution in [0.4, 0.5) is 17.6 Å². The van der Waals surface area contributed by atoms with Crippen LogP contribution in [-0.4, -0.2) is 47.1 Å². The van der Waals surface area contributed by atoms with E-state index in [9.17, 15) is 22.7 Å². The maximum absolute atomic E-state index is 13.7. The number of nitriles is 1. The highest BCUT2D eigenvalue weighted by atomic mass is 19.4. The Morgan fingerprint density at radius 1 is 1.32 bits per heavy atom. The Labute approximate surface area is 125 Å². The third kappa shape index (κ3) is 6.39. The van der Waals surface area contributed by atoms with Crippen molar-refractivity contribution in [2.75, 3.05) is 19.7 Å². The first kappa shape index (κ1) is 18.4. The fraction of sp³-hybridized carbons (Fsp3) is 0.500. The van der Waals surface area contributed by atoms with Crippen molar-refractivity contribution >= 4 is 0 Å². The van der Waals surface area contributed by atoms with Crippen molar-refractivity contribution in [2.24, 2.45) is 0 Å². The van der Waals surface area contributed by atoms with Crippen LogP contribution in [0.2, 0.25) is 0 Å². The molecule has 0 unspecified atom stereocenters. The number of benzene rings is 1. The van der Waals surface area contributed by atoms with Crippen LogP contribution < -0.4 is 0 Å². The lowest BCUT2D eigenvalue weighted by Crippen LogP contribution is -2.36. The van der Waals surface area contributed by atoms with Gasteiger partial charge in [-0.15, -0.1) is 0 Å². The zero-order valence-electron chi connectivity index (χ0n) is 11.6. The molecule has 0 radical (unpaired) electrons. The zero-order chi connectivity index (χ0) is 16.8. The van der Waals surface area contributed by atoms with Gasteiger partial charge in [-0.25, -0.2) is 4.39 Å². The van der Waals surface area contributed by atoms with Gasteiger partial charge in [-0.3, -0.25) is 4.90 Å². The summed E-state index contributed by atoms with van der Waals surface area (Å²) in [6.07, 6.45) is -6.73. The zero-order valence-corrected chi connectivity index (χ0v) is 11.6. The molecule has 0 fully saturated rings. The van der Waals surface area contributed by atoms with Crippen molar-refractivity contribution in [3.63, 3.8) is 0 Å². The summed E-state index contributed by atoms with van der Waals surface area (Å²) < 4.78 is 50.6. The summed E-state index contributed by atoms with van der Waals surface area (Å²) in [5.74, 6) is -0.644. The monoisotopic (exact) mass is 320 g/mol. The minimum atomic E-state index is -4.38. The van der Waals surface area contributed by atoms with Crippen molar-refractivity contribution in [1.82, 2.24) is 4.90 Å². The molecule has 0 aliphatic rings. The highest BCUT2D eigenvalue weighted by molar-refractivity contribution is 5.33. The second-order valence-electron chi connectivity index (χ2n) is 4.85. The highest BCUT2D eigenvalue weighted by Crippen LogP contribution is 2.21. The van der Waals surface area contributed by atoms with E-state index in [0.29, 0.717) is 0 Å². The Morgan fingerprint density at radius 3 is 2.55 bits per heavy atom. The molecule has 0 bridgehead atoms. The molecule has 1 aromatic carbocycles. The molecular weight excluding hydrogens is 304 g/mol. The number of aliphatic hydroxyl groups excluding tert-OH is 2. The van der Waals surface area contributed by atoms with E-state index >= 15 is 0 Å². The van der Waals surface area contributed by atoms with Gasteiger partial charge < -0.3 is 10.2 Å². The Morgan fingerprint density at radius 2 is 2.00 bits per heavy atom. The van der Waals surface area contributed by atoms with Gasteiger partial charge in [0.25, 0.3) is 0 Å². The first-order valence-corrected chi connectivity index (χ1v) is 6.51. The van der Waals surface area contributed by atoms with Crippen LogP contribution in [0.15, 0.2) is 18.2 Å². The first-order valence-electron chi connectivity index (χ1n) is 6.51. The molecule has 4 nitrogen and oxygen atoms in total. The topological polar surface area (TPSA) is 67.5 Å². The van der Waals surface area contributed by atoms with Crippen LogP contribution in [-0.2, 0) is 6.54 Å². The van der Waals surface area contributed by atoms with Crippen LogP contribution in [0, 0.1) is 17.1 Å². The molecule has 0 aromatic heterocycles. The summed E-state index contributed by atoms with van der Waals surface area (Å²) in [4.78, 5) is 1.19. The maximum Gasteiger partial charge on any atom is 0.390 e. The molecule has 1 rings (SSSR count). The van der Waals surface area contributed by atoms with Gasteiger partial charge in [-0.1, -0.05) is 0 Å². The van der Waals surface area contributed by atoms with Crippen LogP contribution in [0.5, 0.6) is 0 Å². The molecule has 0 spiro atoms. The summed E-state index contributed by atoms with van der Waals surface area (Å²) in [5.41, 5.74) is 0.251. The fourth-order valence-corrected chi connectivity index (χ4v) is 1.88. The fourth-order valence-electron chi connectivity index (χ4n) is 1.88. The smallest absolute Gasteiger partial charge is 0.390 e. The number of rotatable bonds is 7. The normalized spacial score (nSPS) is 13.2. The molecule has 122 valence electrons. The number of halogens is 4. The van der Waals surface area contributed by atoms with E-state index in [4.69, 9.17) is 10.4 Å². The SMILES string of the molecule is N#Cc1ccc(F)c(CN(CCC(F)(F)F)C[C@H](O)CO)c1. The summed E-state index contributed by atoms with van der Waals surface area (Å²) in [6.45, 7) is -1.49. The predicted molar refractivity (Wildman–Crippen MR) is 70.2 cm³/mol. The molecule has 0 aliphatic heterocycles. The number of alkyl halides is 3. The second kappa shape index (κ2) is 8.08. The lowest BCUT2D eigenvalue weighted by molar-refractivity contribution is -0.139. The van der Waals surface area contributed by atoms with Gasteiger partial charge in [-0.2, -0.15) is 18.4 Å². The van der Waals surface area contributed by atoms with Crippen LogP contribution in [0.1, 0.15) is 17.5 Å². The van der Waals surface area contributed by atoms with E-state index in [1.807, 2.05) is 6.07 Å². The maximum atomic E-state index is 13.7. The molecule has 0 saturated carbocycles. The molecule has 0 amide bonds. The number of nitrogens with zero attached hydrogens (tertiary/aromatic N) is 2. The lowest BCUT2D eigenvalue weighted by atomic mass is 10.1. The van der Waals surface area contributed by atoms with E-state index in [0.717, 1.165) is 6.07 Å². The van der Waals surface area contributed by atoms with Crippen LogP contribution in [0.25, 0.3) is 0 Å². The molecule has 1 atom stereocenters. The summed E-state index contributed by atoms with van der Waals surface area (Å²) in [5, 5.41) is 27.0. The van der Waals surface area contributed by atoms with Crippen molar-refractivity contribution in [1.29, 1.82) is 5.26 Å². The van der Waals surface area contributed by atoms with E-state index < -0.39 is 37.7 Å². The highest BCUT2D eigenvalue weighted by Gasteiger charge is 2.28. The molecule has 8 heteroatoms. The van der Waals surface area contributed by atoms with Crippen molar-refractivity contribution in [3.8, 4) is 6.07 Å². The van der Waals surface area contributed by atoms with Gasteiger partial charge >= 0.3 is 6.18 Å². The van der Waals surface area contributed by atoms with E-state index in [2.05, 4.69) is 0 Å². The Hall–Kier alpha value is -1.69. The number of aliphatic hydroxyl groups is 2. The molecule has 22 heavy (non-hydrogen) atoms. The van der Waals surface area contributed by atoms with Gasteiger partial charge in [0.2, 0.25) is 0 Å². The Balaban J connectivity index is 2.85.